The van der Waals surface area contributed by atoms with Crippen molar-refractivity contribution in [3.8, 4) is 17.1 Å². The average Bonchev–Trinajstić information content (AvgIpc) is 2.75. The van der Waals surface area contributed by atoms with Crippen LogP contribution in [0.25, 0.3) is 11.4 Å². The van der Waals surface area contributed by atoms with Gasteiger partial charge >= 0.3 is 5.97 Å². The molecule has 0 bridgehead atoms. The molecule has 6 nitrogen and oxygen atoms in total. The molecule has 1 aliphatic heterocycles. The number of hydrogen-bond donors (Lipinski definition) is 1. The second-order valence-electron chi connectivity index (χ2n) is 7.58. The number of ether oxygens (including phenoxy) is 1. The van der Waals surface area contributed by atoms with Crippen LogP contribution in [0.1, 0.15) is 48.8 Å². The fourth-order valence-corrected chi connectivity index (χ4v) is 4.12. The van der Waals surface area contributed by atoms with Gasteiger partial charge in [-0.1, -0.05) is 13.8 Å². The van der Waals surface area contributed by atoms with Gasteiger partial charge in [-0.15, -0.1) is 0 Å². The number of pyridine rings is 2. The summed E-state index contributed by atoms with van der Waals surface area (Å²) in [5.74, 6) is -0.567. The normalized spacial score (nSPS) is 23.0. The first-order valence-corrected chi connectivity index (χ1v) is 8.42. The molecule has 2 atom stereocenters. The number of aromatic nitrogens is 2. The molecule has 2 aromatic heterocycles. The first kappa shape index (κ1) is 15.9. The van der Waals surface area contributed by atoms with Gasteiger partial charge in [0.25, 0.3) is 0 Å². The second-order valence-corrected chi connectivity index (χ2v) is 7.58. The topological polar surface area (TPSA) is 81.4 Å². The van der Waals surface area contributed by atoms with Crippen LogP contribution >= 0.6 is 0 Å². The van der Waals surface area contributed by atoms with E-state index in [0.717, 1.165) is 18.5 Å². The lowest BCUT2D eigenvalue weighted by atomic mass is 9.86. The third-order valence-electron chi connectivity index (χ3n) is 5.35. The van der Waals surface area contributed by atoms with Crippen molar-refractivity contribution in [3.05, 3.63) is 45.9 Å². The van der Waals surface area contributed by atoms with Crippen molar-refractivity contribution in [1.29, 1.82) is 0 Å². The van der Waals surface area contributed by atoms with Crippen LogP contribution in [0.5, 0.6) is 5.75 Å². The van der Waals surface area contributed by atoms with Gasteiger partial charge in [-0.25, -0.2) is 9.78 Å². The van der Waals surface area contributed by atoms with E-state index in [4.69, 9.17) is 4.74 Å². The summed E-state index contributed by atoms with van der Waals surface area (Å²) in [6.07, 6.45) is 3.22. The summed E-state index contributed by atoms with van der Waals surface area (Å²) in [6, 6.07) is 5.09. The van der Waals surface area contributed by atoms with Crippen LogP contribution in [0.4, 0.5) is 0 Å². The molecule has 0 aromatic carbocycles. The number of carbonyl (C=O) groups is 1. The van der Waals surface area contributed by atoms with E-state index in [2.05, 4.69) is 18.8 Å². The standard InChI is InChI=1S/C19H20N2O4/c1-10-4-5-14-16(20-10)12-8-13(22)11(18(23)24)9-21(12)17-15(25-14)6-7-19(17,2)3/h4-5,8-9,15,17H,6-7H2,1-3H3,(H,23,24)/t15-,17-/m1/s1. The van der Waals surface area contributed by atoms with Gasteiger partial charge in [0, 0.05) is 18.0 Å². The van der Waals surface area contributed by atoms with Gasteiger partial charge in [0.2, 0.25) is 0 Å². The molecule has 130 valence electrons. The maximum absolute atomic E-state index is 12.3. The van der Waals surface area contributed by atoms with E-state index < -0.39 is 11.4 Å². The van der Waals surface area contributed by atoms with Crippen LogP contribution in [0, 0.1) is 12.3 Å². The Morgan fingerprint density at radius 2 is 2.16 bits per heavy atom. The summed E-state index contributed by atoms with van der Waals surface area (Å²) >= 11 is 0. The predicted molar refractivity (Wildman–Crippen MR) is 92.1 cm³/mol. The number of carboxylic acids is 1. The zero-order chi connectivity index (χ0) is 17.9. The van der Waals surface area contributed by atoms with Crippen molar-refractivity contribution < 1.29 is 14.6 Å². The van der Waals surface area contributed by atoms with Gasteiger partial charge in [-0.2, -0.15) is 0 Å². The highest BCUT2D eigenvalue weighted by molar-refractivity contribution is 5.87. The minimum Gasteiger partial charge on any atom is -0.486 e. The molecule has 2 aromatic rings. The molecule has 2 aliphatic rings. The predicted octanol–water partition coefficient (Wildman–Crippen LogP) is 3.04. The van der Waals surface area contributed by atoms with E-state index >= 15 is 0 Å². The molecule has 1 aliphatic carbocycles. The molecule has 25 heavy (non-hydrogen) atoms. The van der Waals surface area contributed by atoms with Crippen LogP contribution in [0.3, 0.4) is 0 Å². The zero-order valence-corrected chi connectivity index (χ0v) is 14.4. The number of hydrogen-bond acceptors (Lipinski definition) is 4. The summed E-state index contributed by atoms with van der Waals surface area (Å²) < 4.78 is 8.16. The number of fused-ring (bicyclic) bond motifs is 5. The summed E-state index contributed by atoms with van der Waals surface area (Å²) in [4.78, 5) is 28.4. The van der Waals surface area contributed by atoms with Gasteiger partial charge in [0.05, 0.1) is 11.7 Å². The third-order valence-corrected chi connectivity index (χ3v) is 5.35. The summed E-state index contributed by atoms with van der Waals surface area (Å²) in [7, 11) is 0. The van der Waals surface area contributed by atoms with Crippen LogP contribution in [-0.4, -0.2) is 26.7 Å². The lowest BCUT2D eigenvalue weighted by molar-refractivity contribution is 0.0692. The van der Waals surface area contributed by atoms with Gasteiger partial charge in [-0.05, 0) is 37.3 Å². The van der Waals surface area contributed by atoms with Crippen LogP contribution in [-0.2, 0) is 0 Å². The molecule has 0 radical (unpaired) electrons. The first-order valence-electron chi connectivity index (χ1n) is 8.42. The summed E-state index contributed by atoms with van der Waals surface area (Å²) in [5.41, 5.74) is 1.22. The van der Waals surface area contributed by atoms with Gasteiger partial charge in [0.15, 0.2) is 5.43 Å². The molecule has 0 spiro atoms. The lowest BCUT2D eigenvalue weighted by Crippen LogP contribution is -2.33. The minimum absolute atomic E-state index is 0.0595. The Morgan fingerprint density at radius 1 is 1.40 bits per heavy atom. The number of carboxylic acid groups (broad SMARTS) is 1. The molecule has 0 amide bonds. The molecule has 0 saturated heterocycles. The highest BCUT2D eigenvalue weighted by Gasteiger charge is 2.47. The quantitative estimate of drug-likeness (QED) is 0.863. The van der Waals surface area contributed by atoms with Crippen molar-refractivity contribution in [3.63, 3.8) is 0 Å². The first-order chi connectivity index (χ1) is 11.8. The number of aromatic carboxylic acids is 1. The Kier molecular flexibility index (Phi) is 3.29. The van der Waals surface area contributed by atoms with E-state index in [0.29, 0.717) is 17.1 Å². The largest absolute Gasteiger partial charge is 0.486 e. The SMILES string of the molecule is Cc1ccc2c(n1)-c1cc(=O)c(C(=O)O)cn1[C@@H]1[C@@H](CCC1(C)C)O2. The summed E-state index contributed by atoms with van der Waals surface area (Å²) in [6.45, 7) is 6.18. The second kappa shape index (κ2) is 5.18. The minimum atomic E-state index is -1.21. The Hall–Kier alpha value is -2.63. The smallest absolute Gasteiger partial charge is 0.341 e. The molecular formula is C19H20N2O4. The van der Waals surface area contributed by atoms with Crippen molar-refractivity contribution in [2.24, 2.45) is 5.41 Å². The highest BCUT2D eigenvalue weighted by Crippen LogP contribution is 2.51. The highest BCUT2D eigenvalue weighted by atomic mass is 16.5. The molecule has 6 heteroatoms. The van der Waals surface area contributed by atoms with Gasteiger partial charge in [-0.3, -0.25) is 4.79 Å². The lowest BCUT2D eigenvalue weighted by Gasteiger charge is -2.32. The number of nitrogens with zero attached hydrogens (tertiary/aromatic N) is 2. The third kappa shape index (κ3) is 2.35. The van der Waals surface area contributed by atoms with Gasteiger partial charge in [0.1, 0.15) is 23.1 Å². The zero-order valence-electron chi connectivity index (χ0n) is 14.4. The Morgan fingerprint density at radius 3 is 2.88 bits per heavy atom. The fourth-order valence-electron chi connectivity index (χ4n) is 4.12. The maximum atomic E-state index is 12.3. The number of rotatable bonds is 1. The maximum Gasteiger partial charge on any atom is 0.341 e. The van der Waals surface area contributed by atoms with Crippen molar-refractivity contribution in [2.45, 2.75) is 45.8 Å². The van der Waals surface area contributed by atoms with Crippen LogP contribution in [0.2, 0.25) is 0 Å². The van der Waals surface area contributed by atoms with Crippen molar-refractivity contribution in [2.75, 3.05) is 0 Å². The van der Waals surface area contributed by atoms with Crippen LogP contribution < -0.4 is 10.2 Å². The van der Waals surface area contributed by atoms with Crippen molar-refractivity contribution in [1.82, 2.24) is 9.55 Å². The molecular weight excluding hydrogens is 320 g/mol. The monoisotopic (exact) mass is 340 g/mol. The molecule has 1 fully saturated rings. The van der Waals surface area contributed by atoms with E-state index in [1.54, 1.807) is 0 Å². The molecule has 4 rings (SSSR count). The van der Waals surface area contributed by atoms with Crippen molar-refractivity contribution >= 4 is 5.97 Å². The fraction of sp³-hybridized carbons (Fsp3) is 0.421. The van der Waals surface area contributed by atoms with E-state index in [9.17, 15) is 14.7 Å². The Balaban J connectivity index is 2.07. The molecule has 0 unspecified atom stereocenters. The van der Waals surface area contributed by atoms with E-state index in [1.807, 2.05) is 23.6 Å². The van der Waals surface area contributed by atoms with E-state index in [1.165, 1.54) is 12.3 Å². The molecule has 1 saturated carbocycles. The van der Waals surface area contributed by atoms with Gasteiger partial charge < -0.3 is 14.4 Å². The van der Waals surface area contributed by atoms with E-state index in [-0.39, 0.29) is 23.1 Å². The average molecular weight is 340 g/mol. The number of aryl methyl sites for hydroxylation is 1. The summed E-state index contributed by atoms with van der Waals surface area (Å²) in [5, 5.41) is 9.39. The molecule has 3 heterocycles. The molecule has 1 N–H and O–H groups in total. The van der Waals surface area contributed by atoms with Crippen LogP contribution in [0.15, 0.2) is 29.2 Å². The Labute approximate surface area is 145 Å². The Bertz CT molecular complexity index is 945.